The molecule has 108 heavy (non-hydrogen) atoms. The normalized spacial score (nSPS) is 25.4. The van der Waals surface area contributed by atoms with Crippen molar-refractivity contribution < 1.29 is 89.4 Å². The average Bonchev–Trinajstić information content (AvgIpc) is 0.787. The van der Waals surface area contributed by atoms with Gasteiger partial charge in [-0.05, 0) is 38.5 Å². The van der Waals surface area contributed by atoms with Crippen LogP contribution in [0.15, 0.2) is 12.2 Å². The Morgan fingerprint density at radius 1 is 0.324 bits per heavy atom. The van der Waals surface area contributed by atoms with E-state index in [0.717, 1.165) is 44.9 Å². The van der Waals surface area contributed by atoms with Gasteiger partial charge in [0.05, 0.1) is 38.6 Å². The first-order valence-corrected chi connectivity index (χ1v) is 45.9. The van der Waals surface area contributed by atoms with E-state index >= 15 is 0 Å². The zero-order chi connectivity index (χ0) is 78.1. The average molecular weight is 1540 g/mol. The lowest BCUT2D eigenvalue weighted by Crippen LogP contribution is -2.66. The fourth-order valence-electron chi connectivity index (χ4n) is 16.0. The number of rotatable bonds is 76. The van der Waals surface area contributed by atoms with Crippen LogP contribution in [-0.2, 0) is 33.2 Å². The number of ether oxygens (including phenoxy) is 6. The molecule has 3 fully saturated rings. The number of allylic oxidation sites excluding steroid dienone is 2. The summed E-state index contributed by atoms with van der Waals surface area (Å²) in [6.45, 7) is 1.88. The third kappa shape index (κ3) is 48.2. The molecule has 0 aliphatic carbocycles. The molecule has 3 rings (SSSR count). The second kappa shape index (κ2) is 69.8. The van der Waals surface area contributed by atoms with Crippen molar-refractivity contribution in [3.05, 3.63) is 12.2 Å². The predicted molar refractivity (Wildman–Crippen MR) is 434 cm³/mol. The van der Waals surface area contributed by atoms with Crippen LogP contribution in [-0.4, -0.2) is 193 Å². The highest BCUT2D eigenvalue weighted by molar-refractivity contribution is 5.76. The summed E-state index contributed by atoms with van der Waals surface area (Å²) in [4.78, 5) is 13.5. The highest BCUT2D eigenvalue weighted by Crippen LogP contribution is 2.34. The Labute approximate surface area is 658 Å². The number of hydrogen-bond donors (Lipinski definition) is 12. The highest BCUT2D eigenvalue weighted by Gasteiger charge is 2.54. The van der Waals surface area contributed by atoms with Crippen molar-refractivity contribution in [2.45, 2.75) is 523 Å². The number of unbranched alkanes of at least 4 members (excludes halogenated alkanes) is 58. The topological polar surface area (TPSA) is 307 Å². The zero-order valence-electron chi connectivity index (χ0n) is 69.1. The Hall–Kier alpha value is -1.47. The molecule has 17 unspecified atom stereocenters. The Balaban J connectivity index is 1.27. The standard InChI is InChI=1S/C89H171NO18/c1-3-5-7-9-11-13-15-17-19-21-23-25-27-28-29-30-31-32-33-34-35-36-37-38-39-40-41-42-43-44-45-47-49-51-53-55-57-59-61-63-65-67-77(95)90-72(73(94)66-64-62-60-58-56-54-52-50-48-46-26-24-22-20-18-16-14-12-10-8-6-4-2)71-103-87-83(101)80(98)85(75(69-92)105-87)108-89-84(102)81(99)86(76(70-93)106-89)107-88-82(100)79(97)78(96)74(68-91)104-88/h21,23,72-76,78-89,91-94,96-102H,3-20,22,24-71H2,1-2H3,(H,90,95)/b23-21-. The molecule has 17 atom stereocenters. The summed E-state index contributed by atoms with van der Waals surface area (Å²) < 4.78 is 34.6. The number of carbonyl (C=O) groups excluding carboxylic acids is 1. The van der Waals surface area contributed by atoms with Crippen LogP contribution < -0.4 is 5.32 Å². The molecule has 640 valence electrons. The summed E-state index contributed by atoms with van der Waals surface area (Å²) in [5.74, 6) is -0.232. The van der Waals surface area contributed by atoms with Gasteiger partial charge in [0.2, 0.25) is 5.91 Å². The molecule has 0 bridgehead atoms. The van der Waals surface area contributed by atoms with Gasteiger partial charge in [-0.2, -0.15) is 0 Å². The smallest absolute Gasteiger partial charge is 0.220 e. The van der Waals surface area contributed by atoms with E-state index in [1.165, 1.54) is 340 Å². The lowest BCUT2D eigenvalue weighted by atomic mass is 9.96. The van der Waals surface area contributed by atoms with E-state index < -0.39 is 124 Å². The molecule has 0 radical (unpaired) electrons. The van der Waals surface area contributed by atoms with E-state index in [-0.39, 0.29) is 18.9 Å². The number of amides is 1. The quantitative estimate of drug-likeness (QED) is 0.0199. The second-order valence-electron chi connectivity index (χ2n) is 33.1. The first-order chi connectivity index (χ1) is 52.8. The molecule has 3 aliphatic rings. The van der Waals surface area contributed by atoms with Crippen molar-refractivity contribution in [1.29, 1.82) is 0 Å². The molecule has 0 spiro atoms. The summed E-state index contributed by atoms with van der Waals surface area (Å²) in [5.41, 5.74) is 0. The highest BCUT2D eigenvalue weighted by atomic mass is 16.8. The van der Waals surface area contributed by atoms with Gasteiger partial charge in [0.15, 0.2) is 18.9 Å². The first-order valence-electron chi connectivity index (χ1n) is 45.9. The molecule has 0 aromatic rings. The summed E-state index contributed by atoms with van der Waals surface area (Å²) >= 11 is 0. The maximum absolute atomic E-state index is 13.5. The molecule has 12 N–H and O–H groups in total. The largest absolute Gasteiger partial charge is 0.394 e. The van der Waals surface area contributed by atoms with Crippen LogP contribution in [0.1, 0.15) is 418 Å². The van der Waals surface area contributed by atoms with E-state index in [1.54, 1.807) is 0 Å². The molecule has 19 heteroatoms. The molecule has 3 saturated heterocycles. The van der Waals surface area contributed by atoms with Gasteiger partial charge in [0.25, 0.3) is 0 Å². The van der Waals surface area contributed by atoms with Crippen molar-refractivity contribution in [3.63, 3.8) is 0 Å². The Morgan fingerprint density at radius 2 is 0.583 bits per heavy atom. The summed E-state index contributed by atoms with van der Waals surface area (Å²) in [5, 5.41) is 121. The van der Waals surface area contributed by atoms with Crippen LogP contribution in [0.5, 0.6) is 0 Å². The molecule has 0 aromatic carbocycles. The van der Waals surface area contributed by atoms with Gasteiger partial charge < -0.3 is 89.9 Å². The van der Waals surface area contributed by atoms with Crippen LogP contribution >= 0.6 is 0 Å². The minimum Gasteiger partial charge on any atom is -0.394 e. The second-order valence-corrected chi connectivity index (χ2v) is 33.1. The monoisotopic (exact) mass is 1540 g/mol. The van der Waals surface area contributed by atoms with Gasteiger partial charge in [0, 0.05) is 6.42 Å². The Bertz CT molecular complexity index is 1990. The molecule has 0 saturated carbocycles. The van der Waals surface area contributed by atoms with Gasteiger partial charge in [0.1, 0.15) is 73.2 Å². The van der Waals surface area contributed by atoms with E-state index in [2.05, 4.69) is 31.3 Å². The fraction of sp³-hybridized carbons (Fsp3) is 0.966. The maximum atomic E-state index is 13.5. The van der Waals surface area contributed by atoms with Crippen molar-refractivity contribution in [1.82, 2.24) is 5.32 Å². The Kier molecular flexibility index (Phi) is 65.1. The van der Waals surface area contributed by atoms with Gasteiger partial charge in [-0.3, -0.25) is 4.79 Å². The third-order valence-electron chi connectivity index (χ3n) is 23.3. The van der Waals surface area contributed by atoms with Gasteiger partial charge in [-0.1, -0.05) is 386 Å². The van der Waals surface area contributed by atoms with Crippen molar-refractivity contribution in [2.24, 2.45) is 0 Å². The summed E-state index contributed by atoms with van der Waals surface area (Å²) in [7, 11) is 0. The van der Waals surface area contributed by atoms with Crippen LogP contribution in [0.4, 0.5) is 0 Å². The van der Waals surface area contributed by atoms with Crippen LogP contribution in [0.2, 0.25) is 0 Å². The lowest BCUT2D eigenvalue weighted by molar-refractivity contribution is -0.379. The Morgan fingerprint density at radius 3 is 0.898 bits per heavy atom. The minimum atomic E-state index is -1.97. The van der Waals surface area contributed by atoms with Crippen molar-refractivity contribution in [2.75, 3.05) is 26.4 Å². The van der Waals surface area contributed by atoms with Crippen molar-refractivity contribution in [3.8, 4) is 0 Å². The van der Waals surface area contributed by atoms with Crippen LogP contribution in [0, 0.1) is 0 Å². The molecular weight excluding hydrogens is 1370 g/mol. The number of nitrogens with one attached hydrogen (secondary N) is 1. The number of carbonyl (C=O) groups is 1. The molecule has 0 aromatic heterocycles. The van der Waals surface area contributed by atoms with E-state index in [4.69, 9.17) is 28.4 Å². The van der Waals surface area contributed by atoms with Crippen LogP contribution in [0.25, 0.3) is 0 Å². The zero-order valence-corrected chi connectivity index (χ0v) is 69.1. The predicted octanol–water partition coefficient (Wildman–Crippen LogP) is 17.5. The van der Waals surface area contributed by atoms with E-state index in [1.807, 2.05) is 0 Å². The summed E-state index contributed by atoms with van der Waals surface area (Å²) in [6.07, 6.45) is 59.2. The number of hydrogen-bond acceptors (Lipinski definition) is 18. The van der Waals surface area contributed by atoms with Gasteiger partial charge >= 0.3 is 0 Å². The molecular formula is C89H171NO18. The van der Waals surface area contributed by atoms with E-state index in [9.17, 15) is 61.0 Å². The third-order valence-corrected chi connectivity index (χ3v) is 23.3. The number of aliphatic hydroxyl groups excluding tert-OH is 11. The van der Waals surface area contributed by atoms with Gasteiger partial charge in [-0.25, -0.2) is 0 Å². The van der Waals surface area contributed by atoms with E-state index in [0.29, 0.717) is 12.8 Å². The molecule has 3 heterocycles. The van der Waals surface area contributed by atoms with Crippen molar-refractivity contribution >= 4 is 5.91 Å². The number of aliphatic hydroxyl groups is 11. The fourth-order valence-corrected chi connectivity index (χ4v) is 16.0. The first kappa shape index (κ1) is 101. The molecule has 3 aliphatic heterocycles. The summed E-state index contributed by atoms with van der Waals surface area (Å²) in [6, 6.07) is -0.885. The molecule has 1 amide bonds. The molecule has 19 nitrogen and oxygen atoms in total. The lowest BCUT2D eigenvalue weighted by Gasteiger charge is -2.48. The maximum Gasteiger partial charge on any atom is 0.220 e. The SMILES string of the molecule is CCCCCCCCCC/C=C\CCCCCCCCCCCCCCCCCCCCCCCCCCCCCCCC(=O)NC(COC1OC(CO)C(OC2OC(CO)C(OC3OC(CO)C(O)C(O)C3O)C(O)C2O)C(O)C1O)C(O)CCCCCCCCCCCCCCCCCCCCCCCC. The van der Waals surface area contributed by atoms with Crippen LogP contribution in [0.3, 0.4) is 0 Å². The van der Waals surface area contributed by atoms with Gasteiger partial charge in [-0.15, -0.1) is 0 Å². The minimum absolute atomic E-state index is 0.232.